The molecule has 0 unspecified atom stereocenters. The van der Waals surface area contributed by atoms with E-state index in [1.807, 2.05) is 0 Å². The van der Waals surface area contributed by atoms with E-state index >= 15 is 0 Å². The van der Waals surface area contributed by atoms with Crippen molar-refractivity contribution in [2.75, 3.05) is 18.6 Å². The number of hydrogen-bond acceptors (Lipinski definition) is 4. The quantitative estimate of drug-likeness (QED) is 0.614. The summed E-state index contributed by atoms with van der Waals surface area (Å²) in [6.07, 6.45) is 1.35. The van der Waals surface area contributed by atoms with Crippen LogP contribution in [0.15, 0.2) is 28.4 Å². The first kappa shape index (κ1) is 14.5. The van der Waals surface area contributed by atoms with Crippen molar-refractivity contribution in [2.45, 2.75) is 6.92 Å². The maximum Gasteiger partial charge on any atom is 0.354 e. The van der Waals surface area contributed by atoms with E-state index in [4.69, 9.17) is 4.74 Å². The molecule has 4 nitrogen and oxygen atoms in total. The third-order valence-corrected chi connectivity index (χ3v) is 3.50. The number of carbonyl (C=O) groups excluding carboxylic acids is 2. The van der Waals surface area contributed by atoms with Crippen molar-refractivity contribution >= 4 is 39.1 Å². The molecule has 0 bridgehead atoms. The maximum absolute atomic E-state index is 13.5. The Hall–Kier alpha value is -1.91. The van der Waals surface area contributed by atoms with Gasteiger partial charge in [-0.1, -0.05) is 0 Å². The van der Waals surface area contributed by atoms with Crippen molar-refractivity contribution in [3.05, 3.63) is 39.8 Å². The Morgan fingerprint density at radius 2 is 2.20 bits per heavy atom. The zero-order chi connectivity index (χ0) is 14.9. The molecule has 0 aliphatic carbocycles. The molecule has 0 saturated heterocycles. The predicted molar refractivity (Wildman–Crippen MR) is 76.3 cm³/mol. The molecule has 0 saturated carbocycles. The summed E-state index contributed by atoms with van der Waals surface area (Å²) >= 11 is 3.24. The molecular weight excluding hydrogens is 329 g/mol. The summed E-state index contributed by atoms with van der Waals surface area (Å²) in [5.74, 6) is 0.697. The van der Waals surface area contributed by atoms with Crippen LogP contribution in [0, 0.1) is 5.82 Å². The summed E-state index contributed by atoms with van der Waals surface area (Å²) in [4.78, 5) is 24.5. The van der Waals surface area contributed by atoms with Crippen molar-refractivity contribution < 1.29 is 18.7 Å². The number of hydrogen-bond donors (Lipinski definition) is 0. The lowest BCUT2D eigenvalue weighted by Crippen LogP contribution is -2.28. The Balaban J connectivity index is 2.63. The van der Waals surface area contributed by atoms with Gasteiger partial charge >= 0.3 is 5.97 Å². The molecule has 1 aliphatic rings. The van der Waals surface area contributed by atoms with Gasteiger partial charge in [0.15, 0.2) is 0 Å². The summed E-state index contributed by atoms with van der Waals surface area (Å²) in [6, 6.07) is 2.50. The highest BCUT2D eigenvalue weighted by Gasteiger charge is 2.28. The van der Waals surface area contributed by atoms with E-state index in [-0.39, 0.29) is 17.9 Å². The number of benzene rings is 1. The van der Waals surface area contributed by atoms with E-state index in [0.717, 1.165) is 0 Å². The van der Waals surface area contributed by atoms with Crippen LogP contribution in [0.5, 0.6) is 0 Å². The van der Waals surface area contributed by atoms with Crippen LogP contribution < -0.4 is 4.90 Å². The molecule has 6 heteroatoms. The third kappa shape index (κ3) is 2.40. The smallest absolute Gasteiger partial charge is 0.354 e. The van der Waals surface area contributed by atoms with E-state index < -0.39 is 11.8 Å². The lowest BCUT2D eigenvalue weighted by atomic mass is 9.98. The number of allylic oxidation sites excluding steroid dienone is 2. The molecule has 1 aromatic rings. The van der Waals surface area contributed by atoms with Crippen LogP contribution in [0.3, 0.4) is 0 Å². The Bertz CT molecular complexity index is 663. The van der Waals surface area contributed by atoms with Gasteiger partial charge in [0.25, 0.3) is 0 Å². The number of carbonyl (C=O) groups is 1. The van der Waals surface area contributed by atoms with Gasteiger partial charge < -0.3 is 9.64 Å². The minimum absolute atomic E-state index is 0.112. The van der Waals surface area contributed by atoms with Crippen LogP contribution in [0.1, 0.15) is 12.5 Å². The summed E-state index contributed by atoms with van der Waals surface area (Å²) in [7, 11) is 1.64. The Morgan fingerprint density at radius 1 is 1.50 bits per heavy atom. The highest BCUT2D eigenvalue weighted by Crippen LogP contribution is 2.40. The normalized spacial score (nSPS) is 13.5. The minimum Gasteiger partial charge on any atom is -0.461 e. The number of likely N-dealkylation sites (N-methyl/N-ethyl adjacent to an activating group) is 1. The first-order valence-electron chi connectivity index (χ1n) is 5.86. The Morgan fingerprint density at radius 3 is 2.80 bits per heavy atom. The number of nitrogens with zero attached hydrogens (tertiary/aromatic N) is 1. The van der Waals surface area contributed by atoms with Gasteiger partial charge in [0, 0.05) is 17.1 Å². The van der Waals surface area contributed by atoms with E-state index in [9.17, 15) is 14.0 Å². The first-order valence-corrected chi connectivity index (χ1v) is 6.66. The minimum atomic E-state index is -0.551. The van der Waals surface area contributed by atoms with Gasteiger partial charge in [0.1, 0.15) is 17.5 Å². The maximum atomic E-state index is 13.5. The summed E-state index contributed by atoms with van der Waals surface area (Å²) in [6.45, 7) is 1.92. The second kappa shape index (κ2) is 5.61. The summed E-state index contributed by atoms with van der Waals surface area (Å²) in [5.41, 5.74) is 1.21. The van der Waals surface area contributed by atoms with E-state index in [1.165, 1.54) is 18.2 Å². The van der Waals surface area contributed by atoms with E-state index in [0.29, 0.717) is 15.7 Å². The molecule has 1 aromatic carbocycles. The topological polar surface area (TPSA) is 46.6 Å². The van der Waals surface area contributed by atoms with Crippen LogP contribution in [-0.2, 0) is 14.3 Å². The van der Waals surface area contributed by atoms with Crippen LogP contribution >= 0.6 is 15.9 Å². The molecule has 1 heterocycles. The number of ether oxygens (including phenoxy) is 1. The van der Waals surface area contributed by atoms with Crippen LogP contribution in [-0.4, -0.2) is 25.6 Å². The van der Waals surface area contributed by atoms with Crippen molar-refractivity contribution in [2.24, 2.45) is 0 Å². The molecule has 0 amide bonds. The predicted octanol–water partition coefficient (Wildman–Crippen LogP) is 2.70. The van der Waals surface area contributed by atoms with Crippen LogP contribution in [0.4, 0.5) is 10.1 Å². The fourth-order valence-corrected chi connectivity index (χ4v) is 2.73. The van der Waals surface area contributed by atoms with Gasteiger partial charge in [-0.05, 0) is 41.1 Å². The molecule has 1 aliphatic heterocycles. The second-order valence-corrected chi connectivity index (χ2v) is 4.96. The number of rotatable bonds is 2. The Labute approximate surface area is 123 Å². The standard InChI is InChI=1S/C14H11BrFNO3/c1-3-20-14(19)12-4-8(7-18)10-5-9(16)6-11(15)13(10)17(12)2/h4-6H,3H2,1-2H3. The average molecular weight is 340 g/mol. The SMILES string of the molecule is CCOC(=O)C1=CC(=C=O)c2cc(F)cc(Br)c2N1C. The molecule has 0 atom stereocenters. The average Bonchev–Trinajstić information content (AvgIpc) is 2.38. The van der Waals surface area contributed by atoms with Crippen LogP contribution in [0.2, 0.25) is 0 Å². The van der Waals surface area contributed by atoms with E-state index in [1.54, 1.807) is 24.8 Å². The van der Waals surface area contributed by atoms with Crippen molar-refractivity contribution in [1.82, 2.24) is 0 Å². The van der Waals surface area contributed by atoms with Gasteiger partial charge in [-0.3, -0.25) is 0 Å². The molecule has 0 N–H and O–H groups in total. The summed E-state index contributed by atoms with van der Waals surface area (Å²) in [5, 5.41) is 0. The lowest BCUT2D eigenvalue weighted by Gasteiger charge is -2.28. The monoisotopic (exact) mass is 339 g/mol. The summed E-state index contributed by atoms with van der Waals surface area (Å²) < 4.78 is 18.8. The van der Waals surface area contributed by atoms with Gasteiger partial charge in [0.05, 0.1) is 17.9 Å². The number of esters is 1. The number of fused-ring (bicyclic) bond motifs is 1. The number of anilines is 1. The molecule has 0 spiro atoms. The van der Waals surface area contributed by atoms with E-state index in [2.05, 4.69) is 15.9 Å². The third-order valence-electron chi connectivity index (χ3n) is 2.89. The fourth-order valence-electron chi connectivity index (χ4n) is 2.03. The molecule has 104 valence electrons. The second-order valence-electron chi connectivity index (χ2n) is 4.11. The zero-order valence-electron chi connectivity index (χ0n) is 10.9. The fraction of sp³-hybridized carbons (Fsp3) is 0.214. The Kier molecular flexibility index (Phi) is 4.06. The van der Waals surface area contributed by atoms with Crippen molar-refractivity contribution in [1.29, 1.82) is 0 Å². The zero-order valence-corrected chi connectivity index (χ0v) is 12.5. The largest absolute Gasteiger partial charge is 0.461 e. The molecule has 20 heavy (non-hydrogen) atoms. The molecular formula is C14H11BrFNO3. The van der Waals surface area contributed by atoms with Crippen molar-refractivity contribution in [3.63, 3.8) is 0 Å². The van der Waals surface area contributed by atoms with Crippen LogP contribution in [0.25, 0.3) is 5.57 Å². The van der Waals surface area contributed by atoms with Gasteiger partial charge in [-0.15, -0.1) is 0 Å². The molecule has 0 radical (unpaired) electrons. The van der Waals surface area contributed by atoms with Gasteiger partial charge in [-0.2, -0.15) is 0 Å². The molecule has 0 fully saturated rings. The number of halogens is 2. The first-order chi connectivity index (χ1) is 9.49. The molecule has 2 rings (SSSR count). The van der Waals surface area contributed by atoms with Gasteiger partial charge in [0.2, 0.25) is 0 Å². The lowest BCUT2D eigenvalue weighted by molar-refractivity contribution is -0.138. The highest BCUT2D eigenvalue weighted by molar-refractivity contribution is 9.10. The van der Waals surface area contributed by atoms with Gasteiger partial charge in [-0.25, -0.2) is 14.0 Å². The molecule has 0 aromatic heterocycles. The highest BCUT2D eigenvalue weighted by atomic mass is 79.9. The van der Waals surface area contributed by atoms with Crippen molar-refractivity contribution in [3.8, 4) is 0 Å².